The number of nitrogens with one attached hydrogen (secondary N) is 1. The zero-order valence-corrected chi connectivity index (χ0v) is 11.6. The quantitative estimate of drug-likeness (QED) is 0.893. The molecule has 1 aromatic carbocycles. The van der Waals surface area contributed by atoms with Crippen LogP contribution in [0.5, 0.6) is 5.75 Å². The molecule has 100 valence electrons. The second-order valence-corrected chi connectivity index (χ2v) is 4.40. The van der Waals surface area contributed by atoms with Crippen LogP contribution in [-0.4, -0.2) is 23.6 Å². The number of nitrogens with zero attached hydrogens (tertiary/aromatic N) is 2. The summed E-state index contributed by atoms with van der Waals surface area (Å²) in [6, 6.07) is 8.20. The molecule has 2 rings (SSSR count). The highest BCUT2D eigenvalue weighted by Gasteiger charge is 2.13. The predicted octanol–water partition coefficient (Wildman–Crippen LogP) is 3.28. The van der Waals surface area contributed by atoms with Crippen molar-refractivity contribution in [1.82, 2.24) is 9.97 Å². The fraction of sp³-hybridized carbons (Fsp3) is 0.333. The van der Waals surface area contributed by atoms with E-state index in [1.165, 1.54) is 5.56 Å². The molecule has 0 aliphatic heterocycles. The van der Waals surface area contributed by atoms with Gasteiger partial charge in [-0.25, -0.2) is 9.97 Å². The molecule has 0 atom stereocenters. The third kappa shape index (κ3) is 3.02. The third-order valence-corrected chi connectivity index (χ3v) is 2.84. The minimum atomic E-state index is 0.696. The van der Waals surface area contributed by atoms with Crippen LogP contribution in [0.3, 0.4) is 0 Å². The molecule has 0 unspecified atom stereocenters. The standard InChI is InChI=1S/C15H19N3O/c1-4-8-16-15-14(19-3)13(17-10-18-15)12-7-5-6-11(2)9-12/h5-7,9-10H,4,8H2,1-3H3,(H,16,17,18). The normalized spacial score (nSPS) is 10.3. The van der Waals surface area contributed by atoms with E-state index >= 15 is 0 Å². The van der Waals surface area contributed by atoms with Gasteiger partial charge in [-0.05, 0) is 19.4 Å². The average molecular weight is 257 g/mol. The minimum Gasteiger partial charge on any atom is -0.491 e. The largest absolute Gasteiger partial charge is 0.491 e. The molecule has 0 spiro atoms. The van der Waals surface area contributed by atoms with Gasteiger partial charge in [-0.1, -0.05) is 30.7 Å². The molecule has 19 heavy (non-hydrogen) atoms. The van der Waals surface area contributed by atoms with Crippen molar-refractivity contribution in [3.63, 3.8) is 0 Å². The van der Waals surface area contributed by atoms with Gasteiger partial charge in [0.15, 0.2) is 11.6 Å². The van der Waals surface area contributed by atoms with E-state index in [0.717, 1.165) is 30.0 Å². The Morgan fingerprint density at radius 3 is 2.79 bits per heavy atom. The van der Waals surface area contributed by atoms with Crippen molar-refractivity contribution in [1.29, 1.82) is 0 Å². The Balaban J connectivity index is 2.45. The number of ether oxygens (including phenoxy) is 1. The zero-order chi connectivity index (χ0) is 13.7. The highest BCUT2D eigenvalue weighted by Crippen LogP contribution is 2.33. The molecule has 0 radical (unpaired) electrons. The van der Waals surface area contributed by atoms with E-state index in [1.54, 1.807) is 13.4 Å². The van der Waals surface area contributed by atoms with Crippen LogP contribution < -0.4 is 10.1 Å². The minimum absolute atomic E-state index is 0.696. The highest BCUT2D eigenvalue weighted by molar-refractivity contribution is 5.72. The lowest BCUT2D eigenvalue weighted by molar-refractivity contribution is 0.414. The Bertz CT molecular complexity index is 555. The van der Waals surface area contributed by atoms with Crippen molar-refractivity contribution in [3.8, 4) is 17.0 Å². The SMILES string of the molecule is CCCNc1ncnc(-c2cccc(C)c2)c1OC. The van der Waals surface area contributed by atoms with Gasteiger partial charge >= 0.3 is 0 Å². The van der Waals surface area contributed by atoms with E-state index < -0.39 is 0 Å². The summed E-state index contributed by atoms with van der Waals surface area (Å²) < 4.78 is 5.48. The molecule has 0 saturated heterocycles. The van der Waals surface area contributed by atoms with Gasteiger partial charge < -0.3 is 10.1 Å². The van der Waals surface area contributed by atoms with E-state index in [-0.39, 0.29) is 0 Å². The van der Waals surface area contributed by atoms with Crippen LogP contribution in [0.15, 0.2) is 30.6 Å². The molecule has 2 aromatic rings. The monoisotopic (exact) mass is 257 g/mol. The first-order valence-corrected chi connectivity index (χ1v) is 6.46. The number of methoxy groups -OCH3 is 1. The Hall–Kier alpha value is -2.10. The molecular formula is C15H19N3O. The predicted molar refractivity (Wildman–Crippen MR) is 77.5 cm³/mol. The number of aromatic nitrogens is 2. The molecule has 1 aromatic heterocycles. The molecule has 0 bridgehead atoms. The van der Waals surface area contributed by atoms with E-state index in [4.69, 9.17) is 4.74 Å². The maximum absolute atomic E-state index is 5.48. The van der Waals surface area contributed by atoms with Crippen LogP contribution in [-0.2, 0) is 0 Å². The molecule has 4 heteroatoms. The number of hydrogen-bond donors (Lipinski definition) is 1. The van der Waals surface area contributed by atoms with E-state index in [2.05, 4.69) is 41.3 Å². The van der Waals surface area contributed by atoms with Crippen LogP contribution in [0.1, 0.15) is 18.9 Å². The topological polar surface area (TPSA) is 47.0 Å². The third-order valence-electron chi connectivity index (χ3n) is 2.84. The van der Waals surface area contributed by atoms with E-state index in [0.29, 0.717) is 5.75 Å². The molecule has 0 aliphatic carbocycles. The first-order valence-electron chi connectivity index (χ1n) is 6.46. The van der Waals surface area contributed by atoms with Crippen molar-refractivity contribution in [2.24, 2.45) is 0 Å². The van der Waals surface area contributed by atoms with Crippen molar-refractivity contribution >= 4 is 5.82 Å². The molecule has 0 saturated carbocycles. The molecule has 0 aliphatic rings. The second kappa shape index (κ2) is 6.18. The summed E-state index contributed by atoms with van der Waals surface area (Å²) in [5.41, 5.74) is 3.06. The summed E-state index contributed by atoms with van der Waals surface area (Å²) in [5, 5.41) is 3.26. The zero-order valence-electron chi connectivity index (χ0n) is 11.6. The van der Waals surface area contributed by atoms with Crippen molar-refractivity contribution in [2.45, 2.75) is 20.3 Å². The lowest BCUT2D eigenvalue weighted by Crippen LogP contribution is -2.05. The summed E-state index contributed by atoms with van der Waals surface area (Å²) >= 11 is 0. The van der Waals surface area contributed by atoms with Crippen LogP contribution in [0, 0.1) is 6.92 Å². The number of anilines is 1. The molecule has 0 fully saturated rings. The van der Waals surface area contributed by atoms with Crippen molar-refractivity contribution < 1.29 is 4.74 Å². The van der Waals surface area contributed by atoms with Gasteiger partial charge in [0.05, 0.1) is 7.11 Å². The summed E-state index contributed by atoms with van der Waals surface area (Å²) in [6.07, 6.45) is 2.60. The van der Waals surface area contributed by atoms with Crippen LogP contribution in [0.4, 0.5) is 5.82 Å². The Morgan fingerprint density at radius 1 is 1.26 bits per heavy atom. The van der Waals surface area contributed by atoms with Crippen molar-refractivity contribution in [2.75, 3.05) is 19.0 Å². The molecule has 1 heterocycles. The molecule has 4 nitrogen and oxygen atoms in total. The van der Waals surface area contributed by atoms with Gasteiger partial charge in [0.2, 0.25) is 0 Å². The van der Waals surface area contributed by atoms with Gasteiger partial charge in [0.25, 0.3) is 0 Å². The number of hydrogen-bond acceptors (Lipinski definition) is 4. The summed E-state index contributed by atoms with van der Waals surface area (Å²) in [4.78, 5) is 8.60. The highest BCUT2D eigenvalue weighted by atomic mass is 16.5. The summed E-state index contributed by atoms with van der Waals surface area (Å²) in [5.74, 6) is 1.44. The van der Waals surface area contributed by atoms with Gasteiger partial charge in [-0.15, -0.1) is 0 Å². The molecular weight excluding hydrogens is 238 g/mol. The number of rotatable bonds is 5. The number of aryl methyl sites for hydroxylation is 1. The van der Waals surface area contributed by atoms with Crippen LogP contribution in [0.2, 0.25) is 0 Å². The van der Waals surface area contributed by atoms with Crippen LogP contribution in [0.25, 0.3) is 11.3 Å². The fourth-order valence-electron chi connectivity index (χ4n) is 1.93. The lowest BCUT2D eigenvalue weighted by Gasteiger charge is -2.13. The maximum atomic E-state index is 5.48. The summed E-state index contributed by atoms with van der Waals surface area (Å²) in [7, 11) is 1.65. The number of benzene rings is 1. The van der Waals surface area contributed by atoms with E-state index in [1.807, 2.05) is 12.1 Å². The van der Waals surface area contributed by atoms with Crippen LogP contribution >= 0.6 is 0 Å². The smallest absolute Gasteiger partial charge is 0.187 e. The Labute approximate surface area is 113 Å². The van der Waals surface area contributed by atoms with Gasteiger partial charge in [-0.2, -0.15) is 0 Å². The lowest BCUT2D eigenvalue weighted by atomic mass is 10.1. The van der Waals surface area contributed by atoms with Gasteiger partial charge in [-0.3, -0.25) is 0 Å². The summed E-state index contributed by atoms with van der Waals surface area (Å²) in [6.45, 7) is 5.04. The van der Waals surface area contributed by atoms with Gasteiger partial charge in [0.1, 0.15) is 12.0 Å². The second-order valence-electron chi connectivity index (χ2n) is 4.40. The Morgan fingerprint density at radius 2 is 2.11 bits per heavy atom. The Kier molecular flexibility index (Phi) is 4.34. The average Bonchev–Trinajstić information content (AvgIpc) is 2.44. The van der Waals surface area contributed by atoms with E-state index in [9.17, 15) is 0 Å². The maximum Gasteiger partial charge on any atom is 0.187 e. The molecule has 0 amide bonds. The molecule has 1 N–H and O–H groups in total. The van der Waals surface area contributed by atoms with Gasteiger partial charge in [0, 0.05) is 12.1 Å². The first-order chi connectivity index (χ1) is 9.26. The first kappa shape index (κ1) is 13.3. The fourth-order valence-corrected chi connectivity index (χ4v) is 1.93. The van der Waals surface area contributed by atoms with Crippen molar-refractivity contribution in [3.05, 3.63) is 36.2 Å².